The fourth-order valence-corrected chi connectivity index (χ4v) is 4.24. The highest BCUT2D eigenvalue weighted by atomic mass is 32.2. The highest BCUT2D eigenvalue weighted by Crippen LogP contribution is 2.33. The Balaban J connectivity index is 1.83. The monoisotopic (exact) mass is 436 g/mol. The molecule has 10 heteroatoms. The fourth-order valence-electron chi connectivity index (χ4n) is 2.87. The van der Waals surface area contributed by atoms with E-state index in [9.17, 15) is 18.5 Å². The van der Waals surface area contributed by atoms with Crippen LogP contribution in [0.3, 0.4) is 0 Å². The molecule has 9 nitrogen and oxygen atoms in total. The van der Waals surface area contributed by atoms with Crippen LogP contribution < -0.4 is 4.31 Å². The Morgan fingerprint density at radius 3 is 2.16 bits per heavy atom. The van der Waals surface area contributed by atoms with Gasteiger partial charge < -0.3 is 4.42 Å². The average Bonchev–Trinajstić information content (AvgIpc) is 3.25. The van der Waals surface area contributed by atoms with E-state index in [1.54, 1.807) is 48.5 Å². The summed E-state index contributed by atoms with van der Waals surface area (Å²) in [7, 11) is -4.22. The van der Waals surface area contributed by atoms with Crippen molar-refractivity contribution >= 4 is 27.4 Å². The van der Waals surface area contributed by atoms with E-state index in [1.165, 1.54) is 12.1 Å². The molecule has 1 aromatic heterocycles. The van der Waals surface area contributed by atoms with E-state index < -0.39 is 14.9 Å². The van der Waals surface area contributed by atoms with Gasteiger partial charge in [0.2, 0.25) is 5.89 Å². The molecule has 0 unspecified atom stereocenters. The lowest BCUT2D eigenvalue weighted by Gasteiger charge is -2.20. The molecule has 0 amide bonds. The van der Waals surface area contributed by atoms with Gasteiger partial charge in [-0.25, -0.2) is 8.42 Å². The summed E-state index contributed by atoms with van der Waals surface area (Å²) < 4.78 is 33.6. The molecular formula is C21H16N4O5S. The highest BCUT2D eigenvalue weighted by molar-refractivity contribution is 7.93. The third kappa shape index (κ3) is 4.01. The number of nitrogens with zero attached hydrogens (tertiary/aromatic N) is 4. The Labute approximate surface area is 177 Å². The van der Waals surface area contributed by atoms with Gasteiger partial charge >= 0.3 is 6.01 Å². The summed E-state index contributed by atoms with van der Waals surface area (Å²) in [5.74, 6) is 0.159. The van der Waals surface area contributed by atoms with Crippen molar-refractivity contribution in [3.8, 4) is 11.5 Å². The van der Waals surface area contributed by atoms with Crippen molar-refractivity contribution in [3.05, 3.63) is 94.5 Å². The van der Waals surface area contributed by atoms with Crippen LogP contribution in [0.2, 0.25) is 0 Å². The molecule has 0 aliphatic rings. The van der Waals surface area contributed by atoms with Crippen LogP contribution in [-0.2, 0) is 10.0 Å². The number of non-ortho nitro benzene ring substituents is 1. The maximum atomic E-state index is 13.5. The van der Waals surface area contributed by atoms with Crippen LogP contribution >= 0.6 is 0 Å². The summed E-state index contributed by atoms with van der Waals surface area (Å²) in [6, 6.07) is 20.0. The van der Waals surface area contributed by atoms with Crippen molar-refractivity contribution in [2.75, 3.05) is 4.31 Å². The normalized spacial score (nSPS) is 11.3. The molecule has 4 rings (SSSR count). The highest BCUT2D eigenvalue weighted by Gasteiger charge is 2.31. The molecule has 1 heterocycles. The van der Waals surface area contributed by atoms with Gasteiger partial charge in [-0.3, -0.25) is 10.1 Å². The van der Waals surface area contributed by atoms with Gasteiger partial charge in [-0.1, -0.05) is 41.0 Å². The summed E-state index contributed by atoms with van der Waals surface area (Å²) >= 11 is 0. The van der Waals surface area contributed by atoms with Crippen molar-refractivity contribution in [2.24, 2.45) is 0 Å². The quantitative estimate of drug-likeness (QED) is 0.323. The van der Waals surface area contributed by atoms with Gasteiger partial charge in [-0.15, -0.1) is 5.10 Å². The SMILES string of the molecule is Cc1ccc(N(c2nnc(-c3ccccc3)o2)S(=O)(=O)c2ccc([N+](=O)[O-])cc2)cc1. The number of nitro groups is 1. The number of anilines is 2. The minimum atomic E-state index is -4.22. The predicted molar refractivity (Wildman–Crippen MR) is 113 cm³/mol. The largest absolute Gasteiger partial charge is 0.402 e. The molecule has 3 aromatic carbocycles. The number of hydrogen-bond donors (Lipinski definition) is 0. The van der Waals surface area contributed by atoms with Crippen LogP contribution in [-0.4, -0.2) is 23.5 Å². The first-order valence-corrected chi connectivity index (χ1v) is 10.6. The fraction of sp³-hybridized carbons (Fsp3) is 0.0476. The Kier molecular flexibility index (Phi) is 5.22. The third-order valence-electron chi connectivity index (χ3n) is 4.46. The maximum Gasteiger partial charge on any atom is 0.337 e. The van der Waals surface area contributed by atoms with E-state index in [1.807, 2.05) is 13.0 Å². The summed E-state index contributed by atoms with van der Waals surface area (Å²) in [5, 5.41) is 18.9. The second-order valence-electron chi connectivity index (χ2n) is 6.61. The zero-order chi connectivity index (χ0) is 22.0. The van der Waals surface area contributed by atoms with Gasteiger partial charge in [0.25, 0.3) is 15.7 Å². The number of sulfonamides is 1. The molecule has 0 saturated carbocycles. The smallest absolute Gasteiger partial charge is 0.337 e. The Hall–Kier alpha value is -4.05. The minimum Gasteiger partial charge on any atom is -0.402 e. The first-order chi connectivity index (χ1) is 14.9. The van der Waals surface area contributed by atoms with Crippen molar-refractivity contribution in [1.29, 1.82) is 0 Å². The minimum absolute atomic E-state index is 0.155. The van der Waals surface area contributed by atoms with Crippen molar-refractivity contribution < 1.29 is 17.8 Å². The maximum absolute atomic E-state index is 13.5. The molecule has 0 saturated heterocycles. The lowest BCUT2D eigenvalue weighted by atomic mass is 10.2. The van der Waals surface area contributed by atoms with Crippen LogP contribution in [0.25, 0.3) is 11.5 Å². The van der Waals surface area contributed by atoms with Crippen LogP contribution in [0.4, 0.5) is 17.4 Å². The second-order valence-corrected chi connectivity index (χ2v) is 8.40. The van der Waals surface area contributed by atoms with Gasteiger partial charge in [-0.2, -0.15) is 4.31 Å². The zero-order valence-electron chi connectivity index (χ0n) is 16.2. The van der Waals surface area contributed by atoms with E-state index in [0.29, 0.717) is 5.56 Å². The Bertz CT molecular complexity index is 1320. The summed E-state index contributed by atoms with van der Waals surface area (Å²) in [6.07, 6.45) is 0. The van der Waals surface area contributed by atoms with E-state index >= 15 is 0 Å². The van der Waals surface area contributed by atoms with Gasteiger partial charge in [0.1, 0.15) is 0 Å². The molecule has 0 fully saturated rings. The Morgan fingerprint density at radius 2 is 1.55 bits per heavy atom. The molecule has 156 valence electrons. The first kappa shape index (κ1) is 20.2. The van der Waals surface area contributed by atoms with Crippen molar-refractivity contribution in [3.63, 3.8) is 0 Å². The van der Waals surface area contributed by atoms with Crippen LogP contribution in [0.15, 0.2) is 88.2 Å². The molecule has 0 bridgehead atoms. The summed E-state index contributed by atoms with van der Waals surface area (Å²) in [6.45, 7) is 1.87. The second kappa shape index (κ2) is 8.00. The number of aromatic nitrogens is 2. The molecule has 0 aliphatic heterocycles. The molecule has 0 atom stereocenters. The van der Waals surface area contributed by atoms with Gasteiger partial charge in [0, 0.05) is 17.7 Å². The topological polar surface area (TPSA) is 119 Å². The van der Waals surface area contributed by atoms with Crippen molar-refractivity contribution in [1.82, 2.24) is 10.2 Å². The van der Waals surface area contributed by atoms with E-state index in [0.717, 1.165) is 22.0 Å². The molecule has 4 aromatic rings. The van der Waals surface area contributed by atoms with Gasteiger partial charge in [0.05, 0.1) is 15.5 Å². The molecule has 0 aliphatic carbocycles. The number of nitro benzene ring substituents is 1. The molecule has 31 heavy (non-hydrogen) atoms. The van der Waals surface area contributed by atoms with Gasteiger partial charge in [0.15, 0.2) is 0 Å². The summed E-state index contributed by atoms with van der Waals surface area (Å²) in [5.41, 5.74) is 1.64. The van der Waals surface area contributed by atoms with E-state index in [2.05, 4.69) is 10.2 Å². The molecule has 0 radical (unpaired) electrons. The number of aryl methyl sites for hydroxylation is 1. The average molecular weight is 436 g/mol. The van der Waals surface area contributed by atoms with Crippen molar-refractivity contribution in [2.45, 2.75) is 11.8 Å². The lowest BCUT2D eigenvalue weighted by Crippen LogP contribution is -2.26. The number of benzene rings is 3. The van der Waals surface area contributed by atoms with E-state index in [4.69, 9.17) is 4.42 Å². The molecular weight excluding hydrogens is 420 g/mol. The first-order valence-electron chi connectivity index (χ1n) is 9.11. The summed E-state index contributed by atoms with van der Waals surface area (Å²) in [4.78, 5) is 10.2. The van der Waals surface area contributed by atoms with Gasteiger partial charge in [-0.05, 0) is 43.3 Å². The van der Waals surface area contributed by atoms with Crippen LogP contribution in [0.5, 0.6) is 0 Å². The predicted octanol–water partition coefficient (Wildman–Crippen LogP) is 4.48. The van der Waals surface area contributed by atoms with Crippen LogP contribution in [0.1, 0.15) is 5.56 Å². The number of hydrogen-bond acceptors (Lipinski definition) is 7. The number of rotatable bonds is 6. The lowest BCUT2D eigenvalue weighted by molar-refractivity contribution is -0.384. The van der Waals surface area contributed by atoms with Crippen LogP contribution in [0, 0.1) is 17.0 Å². The van der Waals surface area contributed by atoms with E-state index in [-0.39, 0.29) is 28.2 Å². The molecule has 0 spiro atoms. The third-order valence-corrected chi connectivity index (χ3v) is 6.18. The standard InChI is InChI=1S/C21H16N4O5S/c1-15-7-9-17(10-8-15)24(21-23-22-20(30-21)16-5-3-2-4-6-16)31(28,29)19-13-11-18(12-14-19)25(26)27/h2-14H,1H3. The zero-order valence-corrected chi connectivity index (χ0v) is 17.1. The Morgan fingerprint density at radius 1 is 0.903 bits per heavy atom. The molecule has 0 N–H and O–H groups in total.